The molecule has 1 N–H and O–H groups in total. The molecule has 2 aromatic rings. The van der Waals surface area contributed by atoms with Crippen molar-refractivity contribution >= 4 is 12.1 Å². The van der Waals surface area contributed by atoms with Gasteiger partial charge in [0.05, 0.1) is 19.3 Å². The lowest BCUT2D eigenvalue weighted by molar-refractivity contribution is -0.148. The van der Waals surface area contributed by atoms with E-state index in [0.29, 0.717) is 19.8 Å². The summed E-state index contributed by atoms with van der Waals surface area (Å²) >= 11 is 0. The lowest BCUT2D eigenvalue weighted by atomic mass is 10.0. The molecule has 0 aromatic heterocycles. The maximum Gasteiger partial charge on any atom is 0.407 e. The molecule has 1 heterocycles. The number of hydrogen-bond donors (Lipinski definition) is 1. The van der Waals surface area contributed by atoms with Crippen molar-refractivity contribution in [3.8, 4) is 0 Å². The smallest absolute Gasteiger partial charge is 0.407 e. The highest BCUT2D eigenvalue weighted by molar-refractivity contribution is 5.69. The molecule has 160 valence electrons. The summed E-state index contributed by atoms with van der Waals surface area (Å²) in [7, 11) is 0. The topological polar surface area (TPSA) is 77.1 Å². The number of morpholine rings is 1. The van der Waals surface area contributed by atoms with Gasteiger partial charge in [0, 0.05) is 26.6 Å². The van der Waals surface area contributed by atoms with Crippen molar-refractivity contribution in [2.24, 2.45) is 0 Å². The van der Waals surface area contributed by atoms with E-state index in [1.807, 2.05) is 60.7 Å². The molecule has 1 saturated heterocycles. The summed E-state index contributed by atoms with van der Waals surface area (Å²) in [6.45, 7) is 4.81. The quantitative estimate of drug-likeness (QED) is 0.672. The molecule has 0 spiro atoms. The van der Waals surface area contributed by atoms with Crippen LogP contribution in [-0.2, 0) is 25.6 Å². The standard InChI is InChI=1S/C23H28N2O5/c1-18(26)30-22(20-10-6-3-7-11-20)21(16-25-12-14-28-15-13-25)24-23(27)29-17-19-8-4-2-5-9-19/h2-11,21-22H,12-17H2,1H3,(H,24,27)/t21-,22-/m0/s1. The highest BCUT2D eigenvalue weighted by Crippen LogP contribution is 2.23. The molecule has 1 amide bonds. The fourth-order valence-electron chi connectivity index (χ4n) is 3.40. The average Bonchev–Trinajstić information content (AvgIpc) is 2.77. The Bertz CT molecular complexity index is 794. The van der Waals surface area contributed by atoms with Crippen LogP contribution >= 0.6 is 0 Å². The molecule has 3 rings (SSSR count). The molecule has 7 nitrogen and oxygen atoms in total. The third kappa shape index (κ3) is 6.86. The van der Waals surface area contributed by atoms with Gasteiger partial charge in [-0.15, -0.1) is 0 Å². The minimum Gasteiger partial charge on any atom is -0.455 e. The summed E-state index contributed by atoms with van der Waals surface area (Å²) in [5.41, 5.74) is 1.71. The SMILES string of the molecule is CC(=O)O[C@@H](c1ccccc1)[C@H](CN1CCOCC1)NC(=O)OCc1ccccc1. The molecule has 0 aliphatic carbocycles. The van der Waals surface area contributed by atoms with Gasteiger partial charge < -0.3 is 19.5 Å². The van der Waals surface area contributed by atoms with E-state index in [1.54, 1.807) is 0 Å². The van der Waals surface area contributed by atoms with E-state index in [4.69, 9.17) is 14.2 Å². The predicted molar refractivity (Wildman–Crippen MR) is 112 cm³/mol. The first-order valence-electron chi connectivity index (χ1n) is 10.1. The molecule has 2 atom stereocenters. The first-order chi connectivity index (χ1) is 14.6. The Morgan fingerprint density at radius 3 is 2.30 bits per heavy atom. The molecule has 0 radical (unpaired) electrons. The van der Waals surface area contributed by atoms with Gasteiger partial charge in [0.15, 0.2) is 0 Å². The molecule has 1 aliphatic rings. The highest BCUT2D eigenvalue weighted by atomic mass is 16.6. The van der Waals surface area contributed by atoms with Crippen LogP contribution in [0.15, 0.2) is 60.7 Å². The van der Waals surface area contributed by atoms with Crippen molar-refractivity contribution in [2.75, 3.05) is 32.8 Å². The molecular formula is C23H28N2O5. The lowest BCUT2D eigenvalue weighted by Crippen LogP contribution is -2.50. The summed E-state index contributed by atoms with van der Waals surface area (Å²) in [4.78, 5) is 26.6. The lowest BCUT2D eigenvalue weighted by Gasteiger charge is -2.34. The summed E-state index contributed by atoms with van der Waals surface area (Å²) in [5, 5.41) is 2.92. The van der Waals surface area contributed by atoms with Crippen molar-refractivity contribution in [3.05, 3.63) is 71.8 Å². The van der Waals surface area contributed by atoms with Crippen molar-refractivity contribution in [2.45, 2.75) is 25.7 Å². The van der Waals surface area contributed by atoms with Gasteiger partial charge in [0.25, 0.3) is 0 Å². The van der Waals surface area contributed by atoms with Gasteiger partial charge in [-0.05, 0) is 11.1 Å². The summed E-state index contributed by atoms with van der Waals surface area (Å²) in [6.07, 6.45) is -1.18. The number of amides is 1. The summed E-state index contributed by atoms with van der Waals surface area (Å²) in [5.74, 6) is -0.407. The van der Waals surface area contributed by atoms with Gasteiger partial charge in [-0.1, -0.05) is 60.7 Å². The van der Waals surface area contributed by atoms with E-state index in [1.165, 1.54) is 6.92 Å². The van der Waals surface area contributed by atoms with Crippen LogP contribution in [0.25, 0.3) is 0 Å². The van der Waals surface area contributed by atoms with Crippen molar-refractivity contribution in [1.82, 2.24) is 10.2 Å². The fraction of sp³-hybridized carbons (Fsp3) is 0.391. The van der Waals surface area contributed by atoms with Crippen molar-refractivity contribution < 1.29 is 23.8 Å². The van der Waals surface area contributed by atoms with Gasteiger partial charge in [-0.2, -0.15) is 0 Å². The molecule has 1 fully saturated rings. The maximum absolute atomic E-state index is 12.6. The minimum absolute atomic E-state index is 0.167. The first-order valence-corrected chi connectivity index (χ1v) is 10.1. The third-order valence-electron chi connectivity index (χ3n) is 4.86. The molecule has 0 saturated carbocycles. The number of carbonyl (C=O) groups excluding carboxylic acids is 2. The number of alkyl carbamates (subject to hydrolysis) is 1. The van der Waals surface area contributed by atoms with Gasteiger partial charge in [0.2, 0.25) is 0 Å². The third-order valence-corrected chi connectivity index (χ3v) is 4.86. The van der Waals surface area contributed by atoms with E-state index in [9.17, 15) is 9.59 Å². The largest absolute Gasteiger partial charge is 0.455 e. The fourth-order valence-corrected chi connectivity index (χ4v) is 3.40. The van der Waals surface area contributed by atoms with E-state index in [0.717, 1.165) is 24.2 Å². The number of esters is 1. The number of ether oxygens (including phenoxy) is 3. The summed E-state index contributed by atoms with van der Waals surface area (Å²) < 4.78 is 16.5. The highest BCUT2D eigenvalue weighted by Gasteiger charge is 2.30. The first kappa shape index (κ1) is 21.8. The number of benzene rings is 2. The molecule has 7 heteroatoms. The second kappa shape index (κ2) is 11.3. The number of rotatable bonds is 8. The number of hydrogen-bond acceptors (Lipinski definition) is 6. The average molecular weight is 412 g/mol. The second-order valence-electron chi connectivity index (χ2n) is 7.17. The van der Waals surface area contributed by atoms with Crippen molar-refractivity contribution in [3.63, 3.8) is 0 Å². The zero-order valence-corrected chi connectivity index (χ0v) is 17.2. The number of nitrogens with one attached hydrogen (secondary N) is 1. The van der Waals surface area contributed by atoms with Crippen LogP contribution in [0.4, 0.5) is 4.79 Å². The van der Waals surface area contributed by atoms with E-state index >= 15 is 0 Å². The van der Waals surface area contributed by atoms with Crippen LogP contribution in [0, 0.1) is 0 Å². The van der Waals surface area contributed by atoms with Crippen LogP contribution in [-0.4, -0.2) is 55.9 Å². The van der Waals surface area contributed by atoms with Gasteiger partial charge in [-0.25, -0.2) is 4.79 Å². The Labute approximate surface area is 176 Å². The Morgan fingerprint density at radius 2 is 1.67 bits per heavy atom. The Morgan fingerprint density at radius 1 is 1.03 bits per heavy atom. The van der Waals surface area contributed by atoms with Gasteiger partial charge in [0.1, 0.15) is 12.7 Å². The molecule has 0 bridgehead atoms. The zero-order valence-electron chi connectivity index (χ0n) is 17.2. The zero-order chi connectivity index (χ0) is 21.2. The van der Waals surface area contributed by atoms with E-state index in [2.05, 4.69) is 10.2 Å². The van der Waals surface area contributed by atoms with Gasteiger partial charge in [-0.3, -0.25) is 9.69 Å². The van der Waals surface area contributed by atoms with E-state index in [-0.39, 0.29) is 6.61 Å². The predicted octanol–water partition coefficient (Wildman–Crippen LogP) is 2.92. The number of carbonyl (C=O) groups is 2. The van der Waals surface area contributed by atoms with Crippen LogP contribution in [0.5, 0.6) is 0 Å². The maximum atomic E-state index is 12.6. The molecule has 2 aromatic carbocycles. The van der Waals surface area contributed by atoms with Crippen LogP contribution in [0.3, 0.4) is 0 Å². The minimum atomic E-state index is -0.629. The number of nitrogens with zero attached hydrogens (tertiary/aromatic N) is 1. The second-order valence-corrected chi connectivity index (χ2v) is 7.17. The molecular weight excluding hydrogens is 384 g/mol. The Kier molecular flexibility index (Phi) is 8.23. The van der Waals surface area contributed by atoms with E-state index < -0.39 is 24.2 Å². The Hall–Kier alpha value is -2.90. The van der Waals surface area contributed by atoms with Crippen LogP contribution < -0.4 is 5.32 Å². The molecule has 1 aliphatic heterocycles. The Balaban J connectivity index is 1.73. The molecule has 0 unspecified atom stereocenters. The van der Waals surface area contributed by atoms with Gasteiger partial charge >= 0.3 is 12.1 Å². The van der Waals surface area contributed by atoms with Crippen LogP contribution in [0.2, 0.25) is 0 Å². The summed E-state index contributed by atoms with van der Waals surface area (Å²) in [6, 6.07) is 18.4. The monoisotopic (exact) mass is 412 g/mol. The molecule has 30 heavy (non-hydrogen) atoms. The van der Waals surface area contributed by atoms with Crippen LogP contribution in [0.1, 0.15) is 24.2 Å². The van der Waals surface area contributed by atoms with Crippen molar-refractivity contribution in [1.29, 1.82) is 0 Å². The normalized spacial score (nSPS) is 16.3.